The number of hydrogen-bond donors (Lipinski definition) is 0. The molecule has 1 aliphatic rings. The van der Waals surface area contributed by atoms with Crippen LogP contribution in [0.15, 0.2) is 176 Å². The van der Waals surface area contributed by atoms with Crippen LogP contribution in [-0.2, 0) is 0 Å². The summed E-state index contributed by atoms with van der Waals surface area (Å²) in [6, 6.07) is 57.3. The van der Waals surface area contributed by atoms with Gasteiger partial charge in [-0.2, -0.15) is 4.57 Å². The first-order chi connectivity index (χ1) is 24.8. The van der Waals surface area contributed by atoms with Crippen LogP contribution >= 0.6 is 0 Å². The first kappa shape index (κ1) is 28.3. The number of para-hydroxylation sites is 2. The first-order valence-corrected chi connectivity index (χ1v) is 16.9. The molecule has 0 atom stereocenters. The van der Waals surface area contributed by atoms with E-state index in [9.17, 15) is 0 Å². The summed E-state index contributed by atoms with van der Waals surface area (Å²) in [5.41, 5.74) is 11.2. The second kappa shape index (κ2) is 11.5. The van der Waals surface area contributed by atoms with Crippen molar-refractivity contribution in [1.29, 1.82) is 0 Å². The Labute approximate surface area is 289 Å². The molecule has 3 aromatic heterocycles. The van der Waals surface area contributed by atoms with Gasteiger partial charge in [-0.25, -0.2) is 15.0 Å². The van der Waals surface area contributed by atoms with Crippen molar-refractivity contribution >= 4 is 21.8 Å². The van der Waals surface area contributed by atoms with E-state index in [2.05, 4.69) is 149 Å². The summed E-state index contributed by atoms with van der Waals surface area (Å²) in [6.45, 7) is 0. The van der Waals surface area contributed by atoms with Crippen LogP contribution in [0.3, 0.4) is 0 Å². The average molecular weight is 641 g/mol. The van der Waals surface area contributed by atoms with Crippen LogP contribution in [-0.4, -0.2) is 19.5 Å². The van der Waals surface area contributed by atoms with Crippen LogP contribution < -0.4 is 4.57 Å². The number of hydrogen-bond acceptors (Lipinski definition) is 3. The molecular formula is C45H30N5+. The fourth-order valence-electron chi connectivity index (χ4n) is 7.57. The lowest BCUT2D eigenvalue weighted by atomic mass is 10.0. The average Bonchev–Trinajstić information content (AvgIpc) is 3.71. The fourth-order valence-corrected chi connectivity index (χ4v) is 7.57. The summed E-state index contributed by atoms with van der Waals surface area (Å²) in [5.74, 6) is 1.90. The monoisotopic (exact) mass is 640 g/mol. The van der Waals surface area contributed by atoms with Crippen LogP contribution in [0.2, 0.25) is 0 Å². The van der Waals surface area contributed by atoms with Crippen molar-refractivity contribution in [2.45, 2.75) is 6.04 Å². The summed E-state index contributed by atoms with van der Waals surface area (Å²) < 4.78 is 4.72. The lowest BCUT2D eigenvalue weighted by Crippen LogP contribution is -2.40. The largest absolute Gasteiger partial charge is 0.304 e. The van der Waals surface area contributed by atoms with Gasteiger partial charge in [0.15, 0.2) is 29.9 Å². The Balaban J connectivity index is 1.28. The number of benzene rings is 6. The lowest BCUT2D eigenvalue weighted by molar-refractivity contribution is -0.703. The minimum atomic E-state index is -0.0294. The molecule has 0 N–H and O–H groups in total. The maximum absolute atomic E-state index is 5.16. The van der Waals surface area contributed by atoms with E-state index in [1.165, 1.54) is 33.0 Å². The maximum Gasteiger partial charge on any atom is 0.210 e. The molecule has 6 aromatic carbocycles. The molecule has 0 radical (unpaired) electrons. The highest BCUT2D eigenvalue weighted by Crippen LogP contribution is 2.43. The highest BCUT2D eigenvalue weighted by molar-refractivity contribution is 6.09. The molecule has 0 spiro atoms. The summed E-state index contributed by atoms with van der Waals surface area (Å²) in [7, 11) is 0. The quantitative estimate of drug-likeness (QED) is 0.176. The van der Waals surface area contributed by atoms with E-state index in [1.54, 1.807) is 0 Å². The smallest absolute Gasteiger partial charge is 0.210 e. The fraction of sp³-hybridized carbons (Fsp3) is 0.0222. The van der Waals surface area contributed by atoms with Gasteiger partial charge in [0.1, 0.15) is 5.69 Å². The van der Waals surface area contributed by atoms with E-state index in [1.807, 2.05) is 36.4 Å². The standard InChI is InChI=1S/C45H30N5/c1-3-15-30(16-4-1)43-46-44(31-17-5-2-6-18-31)48-45(47-43)32-27-33(50-40-25-13-11-21-36(40)37-22-12-14-26-41(37)50)29-49(28-32)42-38-23-9-7-19-34(38)35-20-8-10-24-39(35)42/h1-29,42H/q+1. The van der Waals surface area contributed by atoms with Gasteiger partial charge >= 0.3 is 0 Å². The minimum Gasteiger partial charge on any atom is -0.304 e. The van der Waals surface area contributed by atoms with Crippen LogP contribution in [0.5, 0.6) is 0 Å². The third-order valence-corrected chi connectivity index (χ3v) is 9.77. The van der Waals surface area contributed by atoms with Gasteiger partial charge in [-0.05, 0) is 29.3 Å². The van der Waals surface area contributed by atoms with E-state index in [4.69, 9.17) is 15.0 Å². The van der Waals surface area contributed by atoms with Crippen LogP contribution in [0.25, 0.3) is 72.8 Å². The Morgan fingerprint density at radius 1 is 0.420 bits per heavy atom. The Morgan fingerprint density at radius 3 is 1.40 bits per heavy atom. The molecule has 234 valence electrons. The third kappa shape index (κ3) is 4.55. The molecule has 9 aromatic rings. The second-order valence-electron chi connectivity index (χ2n) is 12.7. The molecular weight excluding hydrogens is 611 g/mol. The van der Waals surface area contributed by atoms with Gasteiger partial charge in [0, 0.05) is 33.0 Å². The van der Waals surface area contributed by atoms with E-state index < -0.39 is 0 Å². The first-order valence-electron chi connectivity index (χ1n) is 16.9. The normalized spacial score (nSPS) is 12.3. The number of rotatable bonds is 5. The van der Waals surface area contributed by atoms with Crippen molar-refractivity contribution < 1.29 is 4.57 Å². The van der Waals surface area contributed by atoms with Crippen molar-refractivity contribution in [2.75, 3.05) is 0 Å². The number of nitrogens with zero attached hydrogens (tertiary/aromatic N) is 5. The Bertz CT molecular complexity index is 2560. The SMILES string of the molecule is c1ccc(-c2nc(-c3ccccc3)nc(-c3cc(-n4c5ccccc5c5ccccc54)c[n+](C4c5ccccc5-c5ccccc54)c3)n2)cc1. The molecule has 0 saturated heterocycles. The number of fused-ring (bicyclic) bond motifs is 6. The molecule has 5 heteroatoms. The van der Waals surface area contributed by atoms with Gasteiger partial charge in [-0.3, -0.25) is 0 Å². The molecule has 0 unspecified atom stereocenters. The molecule has 3 heterocycles. The van der Waals surface area contributed by atoms with Crippen LogP contribution in [0, 0.1) is 0 Å². The van der Waals surface area contributed by atoms with E-state index in [0.29, 0.717) is 17.5 Å². The zero-order chi connectivity index (χ0) is 33.0. The molecule has 0 amide bonds. The molecule has 0 bridgehead atoms. The zero-order valence-electron chi connectivity index (χ0n) is 27.1. The minimum absolute atomic E-state index is 0.0294. The third-order valence-electron chi connectivity index (χ3n) is 9.77. The molecule has 5 nitrogen and oxygen atoms in total. The summed E-state index contributed by atoms with van der Waals surface area (Å²) in [4.78, 5) is 15.3. The van der Waals surface area contributed by atoms with Gasteiger partial charge in [0.05, 0.1) is 16.6 Å². The zero-order valence-corrected chi connectivity index (χ0v) is 27.1. The Morgan fingerprint density at radius 2 is 0.860 bits per heavy atom. The molecule has 1 aliphatic carbocycles. The molecule has 50 heavy (non-hydrogen) atoms. The predicted molar refractivity (Wildman–Crippen MR) is 200 cm³/mol. The van der Waals surface area contributed by atoms with Crippen molar-refractivity contribution in [3.8, 4) is 51.0 Å². The Hall–Kier alpha value is -6.72. The number of pyridine rings is 1. The second-order valence-corrected chi connectivity index (χ2v) is 12.7. The highest BCUT2D eigenvalue weighted by Gasteiger charge is 2.36. The molecule has 0 aliphatic heterocycles. The summed E-state index contributed by atoms with van der Waals surface area (Å²) in [6.07, 6.45) is 4.49. The summed E-state index contributed by atoms with van der Waals surface area (Å²) >= 11 is 0. The van der Waals surface area contributed by atoms with Crippen molar-refractivity contribution in [3.63, 3.8) is 0 Å². The van der Waals surface area contributed by atoms with Gasteiger partial charge < -0.3 is 4.57 Å². The number of aromatic nitrogens is 5. The Kier molecular flexibility index (Phi) is 6.49. The molecule has 0 fully saturated rings. The van der Waals surface area contributed by atoms with Crippen molar-refractivity contribution in [2.24, 2.45) is 0 Å². The van der Waals surface area contributed by atoms with E-state index in [-0.39, 0.29) is 6.04 Å². The topological polar surface area (TPSA) is 47.5 Å². The van der Waals surface area contributed by atoms with E-state index in [0.717, 1.165) is 33.4 Å². The van der Waals surface area contributed by atoms with Gasteiger partial charge in [-0.15, -0.1) is 0 Å². The van der Waals surface area contributed by atoms with Crippen molar-refractivity contribution in [1.82, 2.24) is 19.5 Å². The molecule has 0 saturated carbocycles. The highest BCUT2D eigenvalue weighted by atomic mass is 15.1. The van der Waals surface area contributed by atoms with Gasteiger partial charge in [0.25, 0.3) is 0 Å². The van der Waals surface area contributed by atoms with Gasteiger partial charge in [0.2, 0.25) is 6.04 Å². The van der Waals surface area contributed by atoms with Crippen LogP contribution in [0.4, 0.5) is 0 Å². The van der Waals surface area contributed by atoms with Crippen LogP contribution in [0.1, 0.15) is 17.2 Å². The molecule has 10 rings (SSSR count). The summed E-state index contributed by atoms with van der Waals surface area (Å²) in [5, 5.41) is 2.43. The van der Waals surface area contributed by atoms with Gasteiger partial charge in [-0.1, -0.05) is 146 Å². The predicted octanol–water partition coefficient (Wildman–Crippen LogP) is 9.88. The lowest BCUT2D eigenvalue weighted by Gasteiger charge is -2.14. The van der Waals surface area contributed by atoms with Crippen molar-refractivity contribution in [3.05, 3.63) is 187 Å². The maximum atomic E-state index is 5.16. The van der Waals surface area contributed by atoms with E-state index >= 15 is 0 Å².